The molecular formula is C21H31N3O5S. The number of ether oxygens (including phenoxy) is 1. The fraction of sp³-hybridized carbons (Fsp3) is 0.571. The molecule has 2 aromatic rings. The SMILES string of the molecule is Cc1ccc(C)c(CS(=O)(=O)c2nnc(C(CC(C)C)NC(=O)OC(C)(C)C)o2)c1. The lowest BCUT2D eigenvalue weighted by molar-refractivity contribution is 0.0487. The van der Waals surface area contributed by atoms with Crippen molar-refractivity contribution in [3.8, 4) is 0 Å². The number of nitrogens with zero attached hydrogens (tertiary/aromatic N) is 2. The molecule has 166 valence electrons. The summed E-state index contributed by atoms with van der Waals surface area (Å²) in [5, 5.41) is 9.89. The molecule has 1 amide bonds. The van der Waals surface area contributed by atoms with Crippen LogP contribution in [0.4, 0.5) is 4.79 Å². The van der Waals surface area contributed by atoms with E-state index >= 15 is 0 Å². The van der Waals surface area contributed by atoms with Gasteiger partial charge in [0.1, 0.15) is 11.6 Å². The Morgan fingerprint density at radius 2 is 1.87 bits per heavy atom. The van der Waals surface area contributed by atoms with Gasteiger partial charge in [-0.15, -0.1) is 5.10 Å². The Morgan fingerprint density at radius 1 is 1.20 bits per heavy atom. The summed E-state index contributed by atoms with van der Waals surface area (Å²) in [6.45, 7) is 13.0. The molecule has 0 radical (unpaired) electrons. The molecule has 0 aliphatic carbocycles. The minimum Gasteiger partial charge on any atom is -0.444 e. The fourth-order valence-electron chi connectivity index (χ4n) is 2.85. The molecule has 1 unspecified atom stereocenters. The van der Waals surface area contributed by atoms with Crippen molar-refractivity contribution in [3.05, 3.63) is 40.8 Å². The number of nitrogens with one attached hydrogen (secondary N) is 1. The third kappa shape index (κ3) is 6.83. The standard InChI is InChI=1S/C21H31N3O5S/c1-13(2)10-17(22-19(25)29-21(5,6)7)18-23-24-20(28-18)30(26,27)12-16-11-14(3)8-9-15(16)4/h8-9,11,13,17H,10,12H2,1-7H3,(H,22,25). The smallest absolute Gasteiger partial charge is 0.408 e. The molecule has 1 N–H and O–H groups in total. The van der Waals surface area contributed by atoms with Gasteiger partial charge >= 0.3 is 11.3 Å². The topological polar surface area (TPSA) is 111 Å². The third-order valence-electron chi connectivity index (χ3n) is 4.23. The van der Waals surface area contributed by atoms with Gasteiger partial charge in [-0.1, -0.05) is 42.7 Å². The van der Waals surface area contributed by atoms with E-state index in [1.54, 1.807) is 20.8 Å². The Labute approximate surface area is 178 Å². The Bertz CT molecular complexity index is 990. The lowest BCUT2D eigenvalue weighted by Gasteiger charge is -2.22. The Hall–Kier alpha value is -2.42. The third-order valence-corrected chi connectivity index (χ3v) is 5.62. The van der Waals surface area contributed by atoms with Crippen molar-refractivity contribution in [2.45, 2.75) is 77.5 Å². The first-order valence-corrected chi connectivity index (χ1v) is 11.5. The monoisotopic (exact) mass is 437 g/mol. The first kappa shape index (κ1) is 23.9. The summed E-state index contributed by atoms with van der Waals surface area (Å²) in [5.74, 6) is -0.0165. The van der Waals surface area contributed by atoms with Gasteiger partial charge in [0.25, 0.3) is 0 Å². The summed E-state index contributed by atoms with van der Waals surface area (Å²) in [4.78, 5) is 12.2. The Balaban J connectivity index is 2.25. The second-order valence-electron chi connectivity index (χ2n) is 8.92. The number of hydrogen-bond donors (Lipinski definition) is 1. The van der Waals surface area contributed by atoms with Gasteiger partial charge in [-0.05, 0) is 58.1 Å². The maximum Gasteiger partial charge on any atom is 0.408 e. The highest BCUT2D eigenvalue weighted by molar-refractivity contribution is 7.90. The van der Waals surface area contributed by atoms with Crippen molar-refractivity contribution in [1.82, 2.24) is 15.5 Å². The maximum absolute atomic E-state index is 12.8. The molecule has 30 heavy (non-hydrogen) atoms. The van der Waals surface area contributed by atoms with Gasteiger partial charge in [0.05, 0.1) is 5.75 Å². The second-order valence-corrected chi connectivity index (χ2v) is 10.8. The van der Waals surface area contributed by atoms with E-state index < -0.39 is 32.8 Å². The molecule has 8 nitrogen and oxygen atoms in total. The van der Waals surface area contributed by atoms with Gasteiger partial charge in [0, 0.05) is 0 Å². The van der Waals surface area contributed by atoms with E-state index in [9.17, 15) is 13.2 Å². The lowest BCUT2D eigenvalue weighted by Crippen LogP contribution is -2.35. The predicted octanol–water partition coefficient (Wildman–Crippen LogP) is 4.27. The average molecular weight is 438 g/mol. The van der Waals surface area contributed by atoms with Crippen LogP contribution in [-0.4, -0.2) is 30.3 Å². The number of amides is 1. The predicted molar refractivity (Wildman–Crippen MR) is 113 cm³/mol. The lowest BCUT2D eigenvalue weighted by atomic mass is 10.0. The van der Waals surface area contributed by atoms with Crippen LogP contribution in [0.3, 0.4) is 0 Å². The number of aryl methyl sites for hydroxylation is 2. The van der Waals surface area contributed by atoms with Crippen LogP contribution >= 0.6 is 0 Å². The molecule has 0 saturated carbocycles. The average Bonchev–Trinajstić information content (AvgIpc) is 3.06. The van der Waals surface area contributed by atoms with Gasteiger partial charge in [-0.3, -0.25) is 0 Å². The summed E-state index contributed by atoms with van der Waals surface area (Å²) in [6.07, 6.45) is -0.149. The summed E-state index contributed by atoms with van der Waals surface area (Å²) in [6, 6.07) is 4.98. The minimum absolute atomic E-state index is 0.0362. The minimum atomic E-state index is -3.84. The number of benzene rings is 1. The second kappa shape index (κ2) is 9.16. The summed E-state index contributed by atoms with van der Waals surface area (Å²) >= 11 is 0. The van der Waals surface area contributed by atoms with E-state index in [0.717, 1.165) is 11.1 Å². The van der Waals surface area contributed by atoms with Gasteiger partial charge < -0.3 is 14.5 Å². The van der Waals surface area contributed by atoms with Crippen LogP contribution in [0, 0.1) is 19.8 Å². The van der Waals surface area contributed by atoms with Crippen LogP contribution in [0.2, 0.25) is 0 Å². The van der Waals surface area contributed by atoms with E-state index in [2.05, 4.69) is 15.5 Å². The zero-order chi connectivity index (χ0) is 22.7. The van der Waals surface area contributed by atoms with Crippen LogP contribution in [0.25, 0.3) is 0 Å². The summed E-state index contributed by atoms with van der Waals surface area (Å²) in [5.41, 5.74) is 1.85. The zero-order valence-corrected chi connectivity index (χ0v) is 19.5. The molecule has 1 heterocycles. The van der Waals surface area contributed by atoms with Crippen molar-refractivity contribution in [3.63, 3.8) is 0 Å². The van der Waals surface area contributed by atoms with Crippen molar-refractivity contribution in [1.29, 1.82) is 0 Å². The van der Waals surface area contributed by atoms with Crippen molar-refractivity contribution in [2.75, 3.05) is 0 Å². The number of carbonyl (C=O) groups excluding carboxylic acids is 1. The van der Waals surface area contributed by atoms with Crippen molar-refractivity contribution < 1.29 is 22.4 Å². The number of sulfone groups is 1. The first-order valence-electron chi connectivity index (χ1n) is 9.88. The number of alkyl carbamates (subject to hydrolysis) is 1. The highest BCUT2D eigenvalue weighted by Crippen LogP contribution is 2.24. The highest BCUT2D eigenvalue weighted by Gasteiger charge is 2.29. The molecule has 0 bridgehead atoms. The molecule has 0 aliphatic heterocycles. The number of aromatic nitrogens is 2. The number of rotatable bonds is 7. The van der Waals surface area contributed by atoms with Crippen LogP contribution in [0.1, 0.15) is 69.7 Å². The van der Waals surface area contributed by atoms with E-state index in [1.165, 1.54) is 0 Å². The molecule has 0 aliphatic rings. The maximum atomic E-state index is 12.8. The normalized spacial score (nSPS) is 13.3. The molecule has 1 aromatic carbocycles. The van der Waals surface area contributed by atoms with Crippen LogP contribution in [0.15, 0.2) is 27.8 Å². The van der Waals surface area contributed by atoms with E-state index in [-0.39, 0.29) is 17.6 Å². The number of carbonyl (C=O) groups is 1. The fourth-order valence-corrected chi connectivity index (χ4v) is 4.07. The van der Waals surface area contributed by atoms with Crippen LogP contribution in [-0.2, 0) is 20.3 Å². The summed E-state index contributed by atoms with van der Waals surface area (Å²) < 4.78 is 36.4. The van der Waals surface area contributed by atoms with Gasteiger partial charge in [0.15, 0.2) is 0 Å². The first-order chi connectivity index (χ1) is 13.8. The Morgan fingerprint density at radius 3 is 2.47 bits per heavy atom. The summed E-state index contributed by atoms with van der Waals surface area (Å²) in [7, 11) is -3.84. The molecule has 2 rings (SSSR count). The molecule has 0 fully saturated rings. The molecule has 9 heteroatoms. The zero-order valence-electron chi connectivity index (χ0n) is 18.6. The van der Waals surface area contributed by atoms with Gasteiger partial charge in [-0.25, -0.2) is 13.2 Å². The number of hydrogen-bond acceptors (Lipinski definition) is 7. The Kier molecular flexibility index (Phi) is 7.28. The van der Waals surface area contributed by atoms with Gasteiger partial charge in [-0.2, -0.15) is 0 Å². The highest BCUT2D eigenvalue weighted by atomic mass is 32.2. The van der Waals surface area contributed by atoms with Crippen LogP contribution < -0.4 is 5.32 Å². The van der Waals surface area contributed by atoms with Crippen molar-refractivity contribution >= 4 is 15.9 Å². The molecule has 1 aromatic heterocycles. The van der Waals surface area contributed by atoms with Gasteiger partial charge in [0.2, 0.25) is 15.7 Å². The van der Waals surface area contributed by atoms with Crippen molar-refractivity contribution in [2.24, 2.45) is 5.92 Å². The quantitative estimate of drug-likeness (QED) is 0.688. The molecule has 1 atom stereocenters. The van der Waals surface area contributed by atoms with Crippen LogP contribution in [0.5, 0.6) is 0 Å². The molecule has 0 spiro atoms. The van der Waals surface area contributed by atoms with E-state index in [1.807, 2.05) is 45.9 Å². The molecular weight excluding hydrogens is 406 g/mol. The van der Waals surface area contributed by atoms with E-state index in [0.29, 0.717) is 12.0 Å². The largest absolute Gasteiger partial charge is 0.444 e. The van der Waals surface area contributed by atoms with E-state index in [4.69, 9.17) is 9.15 Å². The molecule has 0 saturated heterocycles.